The fourth-order valence-electron chi connectivity index (χ4n) is 5.20. The summed E-state index contributed by atoms with van der Waals surface area (Å²) in [4.78, 5) is 16.9. The van der Waals surface area contributed by atoms with Gasteiger partial charge in [0.1, 0.15) is 11.4 Å². The summed E-state index contributed by atoms with van der Waals surface area (Å²) in [6.07, 6.45) is 4.03. The normalized spacial score (nSPS) is 21.6. The number of carbonyl (C=O) groups is 1. The van der Waals surface area contributed by atoms with E-state index in [2.05, 4.69) is 104 Å². The van der Waals surface area contributed by atoms with Crippen LogP contribution in [0.25, 0.3) is 6.08 Å². The lowest BCUT2D eigenvalue weighted by Gasteiger charge is -2.26. The Morgan fingerprint density at radius 3 is 2.56 bits per heavy atom. The molecule has 3 aromatic rings. The fourth-order valence-corrected chi connectivity index (χ4v) is 8.31. The van der Waals surface area contributed by atoms with Crippen LogP contribution in [0, 0.1) is 17.4 Å². The van der Waals surface area contributed by atoms with Crippen molar-refractivity contribution < 1.29 is 14.3 Å². The Balaban J connectivity index is 1.31. The molecule has 0 N–H and O–H groups in total. The number of benzene rings is 3. The number of hydrogen-bond acceptors (Lipinski definition) is 3. The largest absolute Gasteiger partial charge is 0.481 e. The standard InChI is InChI=1S/C29H29IO3S/c1-18-13-24(34-20(3)15-22-7-5-6-8-26(22)34)14-19(2)28(18)32-17-27(31)33-29(4)12-11-21-9-10-23(30)16-25(21)29/h5-10,13-16,34H,11-12,17H2,1-4H3. The molecule has 0 bridgehead atoms. The predicted molar refractivity (Wildman–Crippen MR) is 148 cm³/mol. The number of fused-ring (bicyclic) bond motifs is 2. The Morgan fingerprint density at radius 1 is 1.06 bits per heavy atom. The molecule has 0 radical (unpaired) electrons. The third-order valence-corrected chi connectivity index (χ3v) is 9.95. The molecule has 3 aromatic carbocycles. The van der Waals surface area contributed by atoms with E-state index in [1.807, 2.05) is 6.92 Å². The summed E-state index contributed by atoms with van der Waals surface area (Å²) in [5, 5.41) is 0. The van der Waals surface area contributed by atoms with E-state index in [1.54, 1.807) is 0 Å². The highest BCUT2D eigenvalue weighted by Gasteiger charge is 2.38. The van der Waals surface area contributed by atoms with E-state index >= 15 is 0 Å². The minimum absolute atomic E-state index is 0.0909. The van der Waals surface area contributed by atoms with Gasteiger partial charge in [0.05, 0.1) is 0 Å². The van der Waals surface area contributed by atoms with Crippen molar-refractivity contribution in [2.75, 3.05) is 6.61 Å². The highest BCUT2D eigenvalue weighted by molar-refractivity contribution is 14.1. The number of carbonyl (C=O) groups excluding carboxylic acids is 1. The maximum atomic E-state index is 12.8. The molecule has 5 heteroatoms. The van der Waals surface area contributed by atoms with Gasteiger partial charge in [0.2, 0.25) is 0 Å². The van der Waals surface area contributed by atoms with Gasteiger partial charge in [-0.25, -0.2) is 4.79 Å². The van der Waals surface area contributed by atoms with Gasteiger partial charge >= 0.3 is 5.97 Å². The Labute approximate surface area is 218 Å². The topological polar surface area (TPSA) is 35.5 Å². The van der Waals surface area contributed by atoms with Crippen LogP contribution in [0.3, 0.4) is 0 Å². The number of hydrogen-bond donors (Lipinski definition) is 1. The summed E-state index contributed by atoms with van der Waals surface area (Å²) in [6.45, 7) is 8.26. The molecule has 5 rings (SSSR count). The SMILES string of the molecule is CC1=Cc2ccccc2[SH]1c1cc(C)c(OCC(=O)OC2(C)CCc3ccc(I)cc32)c(C)c1. The number of aryl methyl sites for hydroxylation is 3. The van der Waals surface area contributed by atoms with Crippen molar-refractivity contribution in [1.82, 2.24) is 0 Å². The van der Waals surface area contributed by atoms with Gasteiger partial charge in [-0.1, -0.05) is 24.3 Å². The zero-order valence-corrected chi connectivity index (χ0v) is 23.0. The van der Waals surface area contributed by atoms with Gasteiger partial charge < -0.3 is 9.47 Å². The Kier molecular flexibility index (Phi) is 6.27. The van der Waals surface area contributed by atoms with Crippen LogP contribution < -0.4 is 4.74 Å². The minimum atomic E-state index is -0.590. The molecular weight excluding hydrogens is 555 g/mol. The molecule has 1 heterocycles. The molecule has 0 saturated carbocycles. The molecule has 2 atom stereocenters. The number of thiol groups is 1. The van der Waals surface area contributed by atoms with E-state index in [9.17, 15) is 4.79 Å². The molecule has 2 unspecified atom stereocenters. The number of ether oxygens (including phenoxy) is 2. The highest BCUT2D eigenvalue weighted by atomic mass is 127. The van der Waals surface area contributed by atoms with Gasteiger partial charge in [0.25, 0.3) is 0 Å². The van der Waals surface area contributed by atoms with E-state index in [-0.39, 0.29) is 12.6 Å². The smallest absolute Gasteiger partial charge is 0.345 e. The molecule has 2 aliphatic rings. The van der Waals surface area contributed by atoms with Crippen LogP contribution in [0.15, 0.2) is 69.3 Å². The molecule has 0 fully saturated rings. The molecule has 0 saturated heterocycles. The monoisotopic (exact) mass is 584 g/mol. The van der Waals surface area contributed by atoms with Crippen molar-refractivity contribution in [3.05, 3.63) is 90.9 Å². The van der Waals surface area contributed by atoms with Crippen LogP contribution in [-0.4, -0.2) is 12.6 Å². The van der Waals surface area contributed by atoms with Crippen LogP contribution in [0.5, 0.6) is 5.75 Å². The van der Waals surface area contributed by atoms with Gasteiger partial charge in [-0.3, -0.25) is 0 Å². The van der Waals surface area contributed by atoms with Gasteiger partial charge in [-0.15, -0.1) is 0 Å². The lowest BCUT2D eigenvalue weighted by Crippen LogP contribution is -2.29. The number of esters is 1. The predicted octanol–water partition coefficient (Wildman–Crippen LogP) is 7.49. The highest BCUT2D eigenvalue weighted by Crippen LogP contribution is 2.57. The van der Waals surface area contributed by atoms with Crippen LogP contribution in [0.2, 0.25) is 0 Å². The second-order valence-corrected chi connectivity index (χ2v) is 13.0. The summed E-state index contributed by atoms with van der Waals surface area (Å²) >= 11 is 2.31. The first-order chi connectivity index (χ1) is 16.2. The average Bonchev–Trinajstić information content (AvgIpc) is 3.29. The van der Waals surface area contributed by atoms with E-state index in [0.29, 0.717) is 0 Å². The first-order valence-corrected chi connectivity index (χ1v) is 14.0. The Hall–Kier alpha value is -2.25. The lowest BCUT2D eigenvalue weighted by atomic mass is 9.98. The van der Waals surface area contributed by atoms with Crippen molar-refractivity contribution in [1.29, 1.82) is 0 Å². The third kappa shape index (κ3) is 4.29. The molecule has 0 spiro atoms. The molecule has 1 aliphatic carbocycles. The number of allylic oxidation sites excluding steroid dienone is 1. The quantitative estimate of drug-likeness (QED) is 0.192. The molecule has 0 amide bonds. The third-order valence-electron chi connectivity index (χ3n) is 6.78. The summed E-state index contributed by atoms with van der Waals surface area (Å²) in [6, 6.07) is 19.5. The Bertz CT molecular complexity index is 1310. The molecule has 0 aromatic heterocycles. The summed E-state index contributed by atoms with van der Waals surface area (Å²) in [5.74, 6) is 0.446. The zero-order valence-electron chi connectivity index (χ0n) is 19.9. The van der Waals surface area contributed by atoms with Crippen molar-refractivity contribution >= 4 is 45.5 Å². The van der Waals surface area contributed by atoms with Crippen molar-refractivity contribution in [2.24, 2.45) is 0 Å². The molecular formula is C29H29IO3S. The van der Waals surface area contributed by atoms with Crippen LogP contribution >= 0.6 is 33.5 Å². The maximum absolute atomic E-state index is 12.8. The van der Waals surface area contributed by atoms with Gasteiger partial charge in [-0.2, -0.15) is 10.9 Å². The summed E-state index contributed by atoms with van der Waals surface area (Å²) in [7, 11) is -0.514. The van der Waals surface area contributed by atoms with Crippen molar-refractivity contribution in [2.45, 2.75) is 55.9 Å². The fraction of sp³-hybridized carbons (Fsp3) is 0.276. The summed E-state index contributed by atoms with van der Waals surface area (Å²) < 4.78 is 13.1. The zero-order chi connectivity index (χ0) is 24.0. The van der Waals surface area contributed by atoms with Crippen LogP contribution in [0.1, 0.15) is 48.1 Å². The molecule has 34 heavy (non-hydrogen) atoms. The molecule has 1 aliphatic heterocycles. The minimum Gasteiger partial charge on any atom is -0.481 e. The van der Waals surface area contributed by atoms with Gasteiger partial charge in [0, 0.05) is 8.47 Å². The van der Waals surface area contributed by atoms with E-state index in [1.165, 1.54) is 25.8 Å². The van der Waals surface area contributed by atoms with Crippen LogP contribution in [-0.2, 0) is 21.6 Å². The van der Waals surface area contributed by atoms with E-state index < -0.39 is 16.5 Å². The van der Waals surface area contributed by atoms with Gasteiger partial charge in [0.15, 0.2) is 6.61 Å². The maximum Gasteiger partial charge on any atom is 0.345 e. The molecule has 3 nitrogen and oxygen atoms in total. The Morgan fingerprint density at radius 2 is 1.79 bits per heavy atom. The summed E-state index contributed by atoms with van der Waals surface area (Å²) in [5.41, 5.74) is 5.21. The first kappa shape index (κ1) is 23.5. The number of rotatable bonds is 5. The second kappa shape index (κ2) is 9.08. The van der Waals surface area contributed by atoms with E-state index in [4.69, 9.17) is 9.47 Å². The average molecular weight is 585 g/mol. The lowest BCUT2D eigenvalue weighted by molar-refractivity contribution is -0.161. The van der Waals surface area contributed by atoms with Crippen molar-refractivity contribution in [3.63, 3.8) is 0 Å². The first-order valence-electron chi connectivity index (χ1n) is 11.6. The van der Waals surface area contributed by atoms with E-state index in [0.717, 1.165) is 38.9 Å². The van der Waals surface area contributed by atoms with Crippen molar-refractivity contribution in [3.8, 4) is 5.75 Å². The number of halogens is 1. The molecule has 176 valence electrons. The van der Waals surface area contributed by atoms with Crippen LogP contribution in [0.4, 0.5) is 0 Å². The second-order valence-electron chi connectivity index (χ2n) is 9.38. The van der Waals surface area contributed by atoms with Gasteiger partial charge in [-0.05, 0) is 137 Å².